The van der Waals surface area contributed by atoms with Gasteiger partial charge in [-0.2, -0.15) is 0 Å². The van der Waals surface area contributed by atoms with E-state index in [4.69, 9.17) is 4.98 Å². The maximum absolute atomic E-state index is 12.9. The lowest BCUT2D eigenvalue weighted by Crippen LogP contribution is -2.52. The van der Waals surface area contributed by atoms with E-state index in [0.29, 0.717) is 24.4 Å². The maximum atomic E-state index is 12.9. The van der Waals surface area contributed by atoms with Crippen molar-refractivity contribution in [1.82, 2.24) is 25.1 Å². The van der Waals surface area contributed by atoms with Crippen LogP contribution in [0.25, 0.3) is 11.0 Å². The van der Waals surface area contributed by atoms with Crippen LogP contribution in [0.3, 0.4) is 0 Å². The number of piperidine rings is 2. The first kappa shape index (κ1) is 21.0. The van der Waals surface area contributed by atoms with Gasteiger partial charge in [0, 0.05) is 36.7 Å². The summed E-state index contributed by atoms with van der Waals surface area (Å²) in [6, 6.07) is 11.8. The lowest BCUT2D eigenvalue weighted by Gasteiger charge is -2.32. The third-order valence-electron chi connectivity index (χ3n) is 7.46. The second kappa shape index (κ2) is 8.36. The number of fused-ring (bicyclic) bond motifs is 2. The van der Waals surface area contributed by atoms with Gasteiger partial charge in [-0.3, -0.25) is 24.6 Å². The third-order valence-corrected chi connectivity index (χ3v) is 7.46. The van der Waals surface area contributed by atoms with Crippen molar-refractivity contribution >= 4 is 28.8 Å². The molecule has 2 fully saturated rings. The maximum Gasteiger partial charge on any atom is 0.255 e. The summed E-state index contributed by atoms with van der Waals surface area (Å²) in [5.74, 6) is -0.285. The Bertz CT molecular complexity index is 1290. The molecule has 3 aliphatic rings. The fourth-order valence-corrected chi connectivity index (χ4v) is 5.56. The van der Waals surface area contributed by atoms with Gasteiger partial charge in [-0.1, -0.05) is 12.1 Å². The minimum absolute atomic E-state index is 0.114. The van der Waals surface area contributed by atoms with Crippen LogP contribution >= 0.6 is 0 Å². The number of amides is 3. The number of rotatable bonds is 4. The van der Waals surface area contributed by atoms with E-state index in [-0.39, 0.29) is 24.1 Å². The molecule has 34 heavy (non-hydrogen) atoms. The molecule has 5 heterocycles. The average molecular weight is 458 g/mol. The number of aromatic nitrogens is 2. The molecule has 1 atom stereocenters. The van der Waals surface area contributed by atoms with Gasteiger partial charge in [0.2, 0.25) is 11.8 Å². The Labute approximate surface area is 197 Å². The molecule has 3 aliphatic heterocycles. The van der Waals surface area contributed by atoms with Crippen molar-refractivity contribution in [2.24, 2.45) is 0 Å². The van der Waals surface area contributed by atoms with Crippen LogP contribution in [0.1, 0.15) is 58.8 Å². The quantitative estimate of drug-likeness (QED) is 0.587. The van der Waals surface area contributed by atoms with Crippen LogP contribution in [0, 0.1) is 0 Å². The molecule has 2 aromatic heterocycles. The number of imide groups is 1. The van der Waals surface area contributed by atoms with Crippen molar-refractivity contribution < 1.29 is 14.4 Å². The number of carbonyl (C=O) groups excluding carboxylic acids is 3. The van der Waals surface area contributed by atoms with Gasteiger partial charge in [0.25, 0.3) is 5.91 Å². The minimum Gasteiger partial charge on any atom is -0.346 e. The first-order valence-corrected chi connectivity index (χ1v) is 12.0. The molecule has 2 N–H and O–H groups in total. The molecule has 3 amide bonds. The molecular weight excluding hydrogens is 430 g/mol. The Kier molecular flexibility index (Phi) is 5.17. The topological polar surface area (TPSA) is 98.4 Å². The van der Waals surface area contributed by atoms with E-state index >= 15 is 0 Å². The van der Waals surface area contributed by atoms with Crippen LogP contribution in [0.15, 0.2) is 42.6 Å². The highest BCUT2D eigenvalue weighted by atomic mass is 16.2. The molecule has 8 nitrogen and oxygen atoms in total. The van der Waals surface area contributed by atoms with E-state index < -0.39 is 6.04 Å². The van der Waals surface area contributed by atoms with Crippen LogP contribution in [-0.2, 0) is 22.7 Å². The predicted octanol–water partition coefficient (Wildman–Crippen LogP) is 2.70. The number of likely N-dealkylation sites (tertiary alicyclic amines) is 1. The lowest BCUT2D eigenvalue weighted by molar-refractivity contribution is -0.136. The zero-order valence-corrected chi connectivity index (χ0v) is 18.9. The van der Waals surface area contributed by atoms with Crippen LogP contribution in [0.5, 0.6) is 0 Å². The van der Waals surface area contributed by atoms with Gasteiger partial charge in [0.15, 0.2) is 0 Å². The van der Waals surface area contributed by atoms with Gasteiger partial charge in [-0.05, 0) is 73.7 Å². The molecule has 1 aromatic carbocycles. The number of aromatic amines is 1. The fraction of sp³-hybridized carbons (Fsp3) is 0.385. The molecular formula is C26H27N5O3. The van der Waals surface area contributed by atoms with Crippen LogP contribution < -0.4 is 5.32 Å². The van der Waals surface area contributed by atoms with Crippen LogP contribution in [-0.4, -0.2) is 56.6 Å². The highest BCUT2D eigenvalue weighted by Crippen LogP contribution is 2.34. The minimum atomic E-state index is -0.567. The summed E-state index contributed by atoms with van der Waals surface area (Å²) in [6.07, 6.45) is 4.71. The Hall–Kier alpha value is -3.52. The van der Waals surface area contributed by atoms with E-state index in [2.05, 4.69) is 39.5 Å². The van der Waals surface area contributed by atoms with Gasteiger partial charge in [-0.25, -0.2) is 4.98 Å². The molecule has 0 bridgehead atoms. The van der Waals surface area contributed by atoms with E-state index in [1.807, 2.05) is 18.3 Å². The van der Waals surface area contributed by atoms with Crippen molar-refractivity contribution in [3.63, 3.8) is 0 Å². The zero-order valence-electron chi connectivity index (χ0n) is 18.9. The van der Waals surface area contributed by atoms with Crippen molar-refractivity contribution in [3.8, 4) is 0 Å². The Morgan fingerprint density at radius 2 is 1.85 bits per heavy atom. The van der Waals surface area contributed by atoms with Gasteiger partial charge in [0.05, 0.1) is 5.69 Å². The Morgan fingerprint density at radius 1 is 1.00 bits per heavy atom. The molecule has 0 aliphatic carbocycles. The number of carbonyl (C=O) groups is 3. The Balaban J connectivity index is 1.10. The number of nitrogens with zero attached hydrogens (tertiary/aromatic N) is 3. The number of pyridine rings is 1. The smallest absolute Gasteiger partial charge is 0.255 e. The summed E-state index contributed by atoms with van der Waals surface area (Å²) >= 11 is 0. The normalized spacial score (nSPS) is 21.8. The van der Waals surface area contributed by atoms with Gasteiger partial charge in [0.1, 0.15) is 11.7 Å². The molecule has 2 saturated heterocycles. The summed E-state index contributed by atoms with van der Waals surface area (Å²) in [7, 11) is 0. The van der Waals surface area contributed by atoms with E-state index in [9.17, 15) is 14.4 Å². The van der Waals surface area contributed by atoms with Crippen LogP contribution in [0.2, 0.25) is 0 Å². The zero-order chi connectivity index (χ0) is 23.2. The van der Waals surface area contributed by atoms with Gasteiger partial charge >= 0.3 is 0 Å². The third kappa shape index (κ3) is 3.77. The molecule has 0 radical (unpaired) electrons. The first-order valence-electron chi connectivity index (χ1n) is 12.0. The molecule has 0 spiro atoms. The number of hydrogen-bond acceptors (Lipinski definition) is 5. The molecule has 3 aromatic rings. The summed E-state index contributed by atoms with van der Waals surface area (Å²) in [4.78, 5) is 48.7. The number of nitrogens with one attached hydrogen (secondary N) is 2. The fourth-order valence-electron chi connectivity index (χ4n) is 5.56. The summed E-state index contributed by atoms with van der Waals surface area (Å²) in [6.45, 7) is 3.29. The number of hydrogen-bond donors (Lipinski definition) is 2. The van der Waals surface area contributed by atoms with E-state index in [0.717, 1.165) is 54.8 Å². The Morgan fingerprint density at radius 3 is 2.68 bits per heavy atom. The largest absolute Gasteiger partial charge is 0.346 e. The van der Waals surface area contributed by atoms with Crippen molar-refractivity contribution in [3.05, 3.63) is 65.0 Å². The van der Waals surface area contributed by atoms with Crippen LogP contribution in [0.4, 0.5) is 0 Å². The molecule has 174 valence electrons. The van der Waals surface area contributed by atoms with Crippen molar-refractivity contribution in [2.45, 2.75) is 50.7 Å². The summed E-state index contributed by atoms with van der Waals surface area (Å²) in [5, 5.41) is 3.50. The molecule has 6 rings (SSSR count). The van der Waals surface area contributed by atoms with Crippen molar-refractivity contribution in [1.29, 1.82) is 0 Å². The standard InChI is InChI=1S/C26H27N5O3/c32-23-6-5-22(25(33)29-23)31-14-19-13-18(2-4-21(19)26(31)34)16-8-11-30(12-9-16)15-20-3-1-17-7-10-27-24(17)28-20/h1-4,7,10,13,16,22H,5-6,8-9,11-12,14-15H2,(H,27,28)(H,29,32,33). The van der Waals surface area contributed by atoms with Crippen molar-refractivity contribution in [2.75, 3.05) is 13.1 Å². The van der Waals surface area contributed by atoms with E-state index in [1.54, 1.807) is 4.90 Å². The first-order chi connectivity index (χ1) is 16.5. The number of benzene rings is 1. The van der Waals surface area contributed by atoms with Gasteiger partial charge < -0.3 is 9.88 Å². The second-order valence-electron chi connectivity index (χ2n) is 9.59. The summed E-state index contributed by atoms with van der Waals surface area (Å²) < 4.78 is 0. The second-order valence-corrected chi connectivity index (χ2v) is 9.59. The molecule has 8 heteroatoms. The highest BCUT2D eigenvalue weighted by molar-refractivity contribution is 6.05. The number of H-pyrrole nitrogens is 1. The summed E-state index contributed by atoms with van der Waals surface area (Å²) in [5.41, 5.74) is 4.95. The van der Waals surface area contributed by atoms with E-state index in [1.165, 1.54) is 5.56 Å². The highest BCUT2D eigenvalue weighted by Gasteiger charge is 2.39. The van der Waals surface area contributed by atoms with Gasteiger partial charge in [-0.15, -0.1) is 0 Å². The molecule has 1 unspecified atom stereocenters. The predicted molar refractivity (Wildman–Crippen MR) is 126 cm³/mol. The average Bonchev–Trinajstić information content (AvgIpc) is 3.43. The monoisotopic (exact) mass is 457 g/mol. The SMILES string of the molecule is O=C1CCC(N2Cc3cc(C4CCN(Cc5ccc6cc[nH]c6n5)CC4)ccc3C2=O)C(=O)N1. The molecule has 0 saturated carbocycles. The lowest BCUT2D eigenvalue weighted by atomic mass is 9.88.